The molecule has 31 heavy (non-hydrogen) atoms. The molecule has 4 rings (SSSR count). The Bertz CT molecular complexity index is 1040. The molecule has 1 fully saturated rings. The zero-order chi connectivity index (χ0) is 21.6. The number of nitrogens with zero attached hydrogens (tertiary/aromatic N) is 2. The molecule has 160 valence electrons. The number of carbonyl (C=O) groups excluding carboxylic acids is 1. The Kier molecular flexibility index (Phi) is 6.57. The molecule has 6 nitrogen and oxygen atoms in total. The maximum atomic E-state index is 12.7. The number of hydrogen-bond donors (Lipinski definition) is 3. The molecule has 3 N–H and O–H groups in total. The summed E-state index contributed by atoms with van der Waals surface area (Å²) < 4.78 is 0. The van der Waals surface area contributed by atoms with Gasteiger partial charge >= 0.3 is 0 Å². The highest BCUT2D eigenvalue weighted by atomic mass is 16.3. The molecule has 1 amide bonds. The highest BCUT2D eigenvalue weighted by Crippen LogP contribution is 2.21. The van der Waals surface area contributed by atoms with Crippen LogP contribution in [0.2, 0.25) is 0 Å². The van der Waals surface area contributed by atoms with Gasteiger partial charge in [-0.1, -0.05) is 25.0 Å². The molecule has 0 aliphatic heterocycles. The van der Waals surface area contributed by atoms with Crippen molar-refractivity contribution < 1.29 is 9.90 Å². The molecule has 1 aliphatic carbocycles. The minimum absolute atomic E-state index is 0.133. The molecular weight excluding hydrogens is 388 g/mol. The summed E-state index contributed by atoms with van der Waals surface area (Å²) >= 11 is 0. The smallest absolute Gasteiger partial charge is 0.251 e. The molecule has 0 saturated heterocycles. The van der Waals surface area contributed by atoms with Crippen molar-refractivity contribution in [2.24, 2.45) is 0 Å². The second kappa shape index (κ2) is 9.71. The van der Waals surface area contributed by atoms with Gasteiger partial charge in [0.25, 0.3) is 5.91 Å². The van der Waals surface area contributed by atoms with E-state index in [0.29, 0.717) is 12.1 Å². The van der Waals surface area contributed by atoms with E-state index in [-0.39, 0.29) is 11.9 Å². The van der Waals surface area contributed by atoms with E-state index >= 15 is 0 Å². The fraction of sp³-hybridized carbons (Fsp3) is 0.320. The average molecular weight is 417 g/mol. The summed E-state index contributed by atoms with van der Waals surface area (Å²) in [5.41, 5.74) is 5.47. The lowest BCUT2D eigenvalue weighted by molar-refractivity contribution is 0.0717. The molecule has 1 aromatic carbocycles. The van der Waals surface area contributed by atoms with Crippen molar-refractivity contribution in [1.82, 2.24) is 15.3 Å². The molecule has 0 radical (unpaired) electrons. The van der Waals surface area contributed by atoms with Crippen LogP contribution < -0.4 is 10.6 Å². The summed E-state index contributed by atoms with van der Waals surface area (Å²) in [6.45, 7) is 2.61. The maximum absolute atomic E-state index is 12.7. The molecule has 2 atom stereocenters. The number of hydrogen-bond acceptors (Lipinski definition) is 5. The standard InChI is InChI=1S/C25H28N4O2/c1-17-9-10-18(25(31)29-23-7-2-3-8-24(23)30)12-19(17)15-28-21-13-20(14-26-16-21)22-6-4-5-11-27-22/h4-6,9-14,16,23-24,28,30H,2-3,7-8,15H2,1H3,(H,29,31)/t23-,24-/m0/s1. The van der Waals surface area contributed by atoms with Crippen molar-refractivity contribution in [1.29, 1.82) is 0 Å². The number of pyridine rings is 2. The van der Waals surface area contributed by atoms with Gasteiger partial charge in [0.15, 0.2) is 0 Å². The normalized spacial score (nSPS) is 18.4. The number of carbonyl (C=O) groups is 1. The van der Waals surface area contributed by atoms with E-state index in [4.69, 9.17) is 0 Å². The van der Waals surface area contributed by atoms with Gasteiger partial charge in [0.2, 0.25) is 0 Å². The van der Waals surface area contributed by atoms with Gasteiger partial charge in [0.1, 0.15) is 0 Å². The first-order valence-electron chi connectivity index (χ1n) is 10.8. The second-order valence-electron chi connectivity index (χ2n) is 8.10. The average Bonchev–Trinajstić information content (AvgIpc) is 2.81. The molecular formula is C25H28N4O2. The Morgan fingerprint density at radius 1 is 1.13 bits per heavy atom. The zero-order valence-corrected chi connectivity index (χ0v) is 17.7. The Morgan fingerprint density at radius 2 is 2.00 bits per heavy atom. The van der Waals surface area contributed by atoms with Crippen LogP contribution in [0.25, 0.3) is 11.3 Å². The Hall–Kier alpha value is -3.25. The molecule has 1 saturated carbocycles. The van der Waals surface area contributed by atoms with E-state index in [0.717, 1.165) is 53.8 Å². The summed E-state index contributed by atoms with van der Waals surface area (Å²) in [6, 6.07) is 13.4. The highest BCUT2D eigenvalue weighted by molar-refractivity contribution is 5.94. The number of aryl methyl sites for hydroxylation is 1. The van der Waals surface area contributed by atoms with Gasteiger partial charge < -0.3 is 15.7 Å². The Balaban J connectivity index is 1.44. The number of amides is 1. The van der Waals surface area contributed by atoms with E-state index in [1.165, 1.54) is 0 Å². The molecule has 1 aliphatic rings. The summed E-state index contributed by atoms with van der Waals surface area (Å²) in [6.07, 6.45) is 8.52. The third kappa shape index (κ3) is 5.27. The summed E-state index contributed by atoms with van der Waals surface area (Å²) in [4.78, 5) is 21.4. The van der Waals surface area contributed by atoms with E-state index in [2.05, 4.69) is 20.6 Å². The third-order valence-corrected chi connectivity index (χ3v) is 5.84. The lowest BCUT2D eigenvalue weighted by atomic mass is 9.92. The van der Waals surface area contributed by atoms with Crippen molar-refractivity contribution >= 4 is 11.6 Å². The second-order valence-corrected chi connectivity index (χ2v) is 8.10. The monoisotopic (exact) mass is 416 g/mol. The molecule has 2 heterocycles. The number of anilines is 1. The number of aliphatic hydroxyl groups excluding tert-OH is 1. The van der Waals surface area contributed by atoms with Crippen molar-refractivity contribution in [3.63, 3.8) is 0 Å². The van der Waals surface area contributed by atoms with Gasteiger partial charge in [0.05, 0.1) is 23.5 Å². The van der Waals surface area contributed by atoms with Crippen LogP contribution in [0.5, 0.6) is 0 Å². The number of benzene rings is 1. The third-order valence-electron chi connectivity index (χ3n) is 5.84. The van der Waals surface area contributed by atoms with Crippen molar-refractivity contribution in [2.45, 2.75) is 51.3 Å². The molecule has 0 unspecified atom stereocenters. The first-order chi connectivity index (χ1) is 15.1. The van der Waals surface area contributed by atoms with Gasteiger partial charge in [0, 0.05) is 36.3 Å². The largest absolute Gasteiger partial charge is 0.391 e. The zero-order valence-electron chi connectivity index (χ0n) is 17.7. The Labute approximate surface area is 182 Å². The van der Waals surface area contributed by atoms with Crippen LogP contribution in [0, 0.1) is 6.92 Å². The van der Waals surface area contributed by atoms with Gasteiger partial charge in [-0.15, -0.1) is 0 Å². The van der Waals surface area contributed by atoms with Crippen LogP contribution in [0.4, 0.5) is 5.69 Å². The first-order valence-corrected chi connectivity index (χ1v) is 10.8. The fourth-order valence-corrected chi connectivity index (χ4v) is 3.94. The van der Waals surface area contributed by atoms with E-state index in [9.17, 15) is 9.90 Å². The minimum Gasteiger partial charge on any atom is -0.391 e. The molecule has 0 spiro atoms. The van der Waals surface area contributed by atoms with Crippen LogP contribution >= 0.6 is 0 Å². The number of aromatic nitrogens is 2. The lowest BCUT2D eigenvalue weighted by Gasteiger charge is -2.28. The molecule has 6 heteroatoms. The van der Waals surface area contributed by atoms with E-state index in [1.807, 2.05) is 49.4 Å². The molecule has 0 bridgehead atoms. The number of nitrogens with one attached hydrogen (secondary N) is 2. The summed E-state index contributed by atoms with van der Waals surface area (Å²) in [7, 11) is 0. The lowest BCUT2D eigenvalue weighted by Crippen LogP contribution is -2.45. The van der Waals surface area contributed by atoms with E-state index in [1.54, 1.807) is 18.6 Å². The maximum Gasteiger partial charge on any atom is 0.251 e. The number of aliphatic hydroxyl groups is 1. The van der Waals surface area contributed by atoms with Crippen molar-refractivity contribution in [3.8, 4) is 11.3 Å². The van der Waals surface area contributed by atoms with Crippen LogP contribution in [0.15, 0.2) is 61.1 Å². The molecule has 2 aromatic heterocycles. The summed E-state index contributed by atoms with van der Waals surface area (Å²) in [5, 5.41) is 16.6. The van der Waals surface area contributed by atoms with Gasteiger partial charge in [-0.3, -0.25) is 14.8 Å². The van der Waals surface area contributed by atoms with Crippen molar-refractivity contribution in [3.05, 3.63) is 77.7 Å². The minimum atomic E-state index is -0.455. The van der Waals surface area contributed by atoms with Crippen LogP contribution in [-0.4, -0.2) is 33.1 Å². The first kappa shape index (κ1) is 21.0. The van der Waals surface area contributed by atoms with E-state index < -0.39 is 6.10 Å². The summed E-state index contributed by atoms with van der Waals surface area (Å²) in [5.74, 6) is -0.133. The predicted molar refractivity (Wildman–Crippen MR) is 122 cm³/mol. The Morgan fingerprint density at radius 3 is 2.81 bits per heavy atom. The van der Waals surface area contributed by atoms with Gasteiger partial charge in [-0.2, -0.15) is 0 Å². The number of rotatable bonds is 6. The predicted octanol–water partition coefficient (Wildman–Crippen LogP) is 4.10. The van der Waals surface area contributed by atoms with Gasteiger partial charge in [-0.05, 0) is 61.2 Å². The quantitative estimate of drug-likeness (QED) is 0.563. The van der Waals surface area contributed by atoms with Gasteiger partial charge in [-0.25, -0.2) is 0 Å². The topological polar surface area (TPSA) is 87.1 Å². The fourth-order valence-electron chi connectivity index (χ4n) is 3.94. The highest BCUT2D eigenvalue weighted by Gasteiger charge is 2.25. The van der Waals surface area contributed by atoms with Crippen molar-refractivity contribution in [2.75, 3.05) is 5.32 Å². The van der Waals surface area contributed by atoms with Crippen LogP contribution in [-0.2, 0) is 6.54 Å². The van der Waals surface area contributed by atoms with Crippen LogP contribution in [0.1, 0.15) is 47.2 Å². The van der Waals surface area contributed by atoms with Crippen LogP contribution in [0.3, 0.4) is 0 Å². The SMILES string of the molecule is Cc1ccc(C(=O)N[C@H]2CCCC[C@@H]2O)cc1CNc1cncc(-c2ccccn2)c1. The molecule has 3 aromatic rings.